The van der Waals surface area contributed by atoms with Crippen molar-refractivity contribution in [1.29, 1.82) is 0 Å². The Labute approximate surface area is 201 Å². The van der Waals surface area contributed by atoms with Gasteiger partial charge in [-0.3, -0.25) is 0 Å². The van der Waals surface area contributed by atoms with Crippen molar-refractivity contribution >= 4 is 0 Å². The van der Waals surface area contributed by atoms with E-state index in [2.05, 4.69) is 0 Å². The summed E-state index contributed by atoms with van der Waals surface area (Å²) in [5.74, 6) is -3.86. The van der Waals surface area contributed by atoms with Crippen LogP contribution in [0.2, 0.25) is 0 Å². The lowest BCUT2D eigenvalue weighted by Gasteiger charge is -2.27. The molecule has 1 atom stereocenters. The molecule has 0 saturated heterocycles. The molecule has 0 bridgehead atoms. The van der Waals surface area contributed by atoms with Gasteiger partial charge in [0, 0.05) is 11.3 Å². The fraction of sp³-hybridized carbons (Fsp3) is 0.172. The second kappa shape index (κ2) is 9.37. The fourth-order valence-electron chi connectivity index (χ4n) is 4.28. The Morgan fingerprint density at radius 1 is 0.600 bits per heavy atom. The summed E-state index contributed by atoms with van der Waals surface area (Å²) in [7, 11) is 0. The van der Waals surface area contributed by atoms with Crippen molar-refractivity contribution in [3.05, 3.63) is 124 Å². The van der Waals surface area contributed by atoms with Crippen LogP contribution in [0.4, 0.5) is 13.2 Å². The molecule has 0 spiro atoms. The van der Waals surface area contributed by atoms with Gasteiger partial charge < -0.3 is 15.3 Å². The summed E-state index contributed by atoms with van der Waals surface area (Å²) in [5.41, 5.74) is 3.08. The number of halogens is 3. The standard InChI is InChI=1S/C29H25F3O3/c1-29(2,21-9-12-28(35)25(32)16-21)20-7-4-18(5-8-20)22(19-6-11-27(34)24(31)15-19)13-17-3-10-26(33)23(30)14-17/h3-12,14-16,22,33-35H,13H2,1-2H3. The first kappa shape index (κ1) is 24.2. The third kappa shape index (κ3) is 4.97. The molecule has 1 unspecified atom stereocenters. The molecule has 4 aromatic rings. The normalized spacial score (nSPS) is 12.5. The highest BCUT2D eigenvalue weighted by atomic mass is 19.1. The van der Waals surface area contributed by atoms with Gasteiger partial charge in [0.15, 0.2) is 34.7 Å². The molecule has 0 fully saturated rings. The first-order valence-corrected chi connectivity index (χ1v) is 11.1. The summed E-state index contributed by atoms with van der Waals surface area (Å²) in [6.45, 7) is 3.89. The first-order valence-electron chi connectivity index (χ1n) is 11.1. The molecule has 0 aromatic heterocycles. The van der Waals surface area contributed by atoms with Crippen LogP contribution in [0, 0.1) is 17.5 Å². The quantitative estimate of drug-likeness (QED) is 0.282. The van der Waals surface area contributed by atoms with Crippen LogP contribution < -0.4 is 0 Å². The average Bonchev–Trinajstić information content (AvgIpc) is 2.83. The van der Waals surface area contributed by atoms with Crippen LogP contribution in [0.1, 0.15) is 47.6 Å². The molecule has 0 aliphatic heterocycles. The number of rotatable bonds is 6. The lowest BCUT2D eigenvalue weighted by atomic mass is 9.77. The van der Waals surface area contributed by atoms with Crippen LogP contribution in [0.5, 0.6) is 17.2 Å². The smallest absolute Gasteiger partial charge is 0.165 e. The SMILES string of the molecule is CC(C)(c1ccc(C(Cc2ccc(O)c(F)c2)c2ccc(O)c(F)c2)cc1)c1ccc(O)c(F)c1. The largest absolute Gasteiger partial charge is 0.505 e. The highest BCUT2D eigenvalue weighted by molar-refractivity contribution is 5.44. The number of benzene rings is 4. The van der Waals surface area contributed by atoms with E-state index in [-0.39, 0.29) is 5.92 Å². The maximum absolute atomic E-state index is 14.2. The van der Waals surface area contributed by atoms with E-state index >= 15 is 0 Å². The van der Waals surface area contributed by atoms with Crippen molar-refractivity contribution in [3.63, 3.8) is 0 Å². The van der Waals surface area contributed by atoms with Gasteiger partial charge in [0.2, 0.25) is 0 Å². The van der Waals surface area contributed by atoms with Crippen LogP contribution in [-0.2, 0) is 11.8 Å². The number of hydrogen-bond donors (Lipinski definition) is 3. The van der Waals surface area contributed by atoms with Crippen molar-refractivity contribution in [1.82, 2.24) is 0 Å². The molecule has 0 amide bonds. The van der Waals surface area contributed by atoms with Crippen LogP contribution in [-0.4, -0.2) is 15.3 Å². The third-order valence-electron chi connectivity index (χ3n) is 6.53. The van der Waals surface area contributed by atoms with E-state index in [4.69, 9.17) is 0 Å². The van der Waals surface area contributed by atoms with E-state index in [1.807, 2.05) is 38.1 Å². The predicted octanol–water partition coefficient (Wildman–Crippen LogP) is 6.92. The zero-order valence-corrected chi connectivity index (χ0v) is 19.3. The van der Waals surface area contributed by atoms with E-state index in [9.17, 15) is 28.5 Å². The van der Waals surface area contributed by atoms with E-state index in [1.165, 1.54) is 36.4 Å². The van der Waals surface area contributed by atoms with Gasteiger partial charge in [0.1, 0.15) is 0 Å². The lowest BCUT2D eigenvalue weighted by molar-refractivity contribution is 0.430. The Balaban J connectivity index is 1.72. The third-order valence-corrected chi connectivity index (χ3v) is 6.53. The summed E-state index contributed by atoms with van der Waals surface area (Å²) in [6.07, 6.45) is 0.327. The van der Waals surface area contributed by atoms with E-state index in [1.54, 1.807) is 18.2 Å². The molecule has 6 heteroatoms. The molecular formula is C29H25F3O3. The zero-order valence-electron chi connectivity index (χ0n) is 19.3. The summed E-state index contributed by atoms with van der Waals surface area (Å²) in [6, 6.07) is 20.2. The Morgan fingerprint density at radius 3 is 1.66 bits per heavy atom. The van der Waals surface area contributed by atoms with Crippen molar-refractivity contribution in [3.8, 4) is 17.2 Å². The fourth-order valence-corrected chi connectivity index (χ4v) is 4.28. The summed E-state index contributed by atoms with van der Waals surface area (Å²) >= 11 is 0. The van der Waals surface area contributed by atoms with E-state index in [0.29, 0.717) is 23.1 Å². The highest BCUT2D eigenvalue weighted by Crippen LogP contribution is 2.36. The summed E-state index contributed by atoms with van der Waals surface area (Å²) < 4.78 is 42.1. The minimum atomic E-state index is -0.753. The topological polar surface area (TPSA) is 60.7 Å². The number of hydrogen-bond acceptors (Lipinski definition) is 3. The van der Waals surface area contributed by atoms with Gasteiger partial charge in [-0.2, -0.15) is 0 Å². The van der Waals surface area contributed by atoms with E-state index < -0.39 is 40.1 Å². The second-order valence-electron chi connectivity index (χ2n) is 9.17. The maximum Gasteiger partial charge on any atom is 0.165 e. The van der Waals surface area contributed by atoms with Crippen molar-refractivity contribution < 1.29 is 28.5 Å². The van der Waals surface area contributed by atoms with Gasteiger partial charge in [-0.25, -0.2) is 13.2 Å². The molecule has 0 heterocycles. The van der Waals surface area contributed by atoms with Crippen LogP contribution in [0.3, 0.4) is 0 Å². The van der Waals surface area contributed by atoms with Crippen LogP contribution in [0.25, 0.3) is 0 Å². The maximum atomic E-state index is 14.2. The minimum absolute atomic E-state index is 0.327. The van der Waals surface area contributed by atoms with E-state index in [0.717, 1.165) is 11.1 Å². The molecule has 0 aliphatic carbocycles. The van der Waals surface area contributed by atoms with Crippen molar-refractivity contribution in [2.24, 2.45) is 0 Å². The Morgan fingerprint density at radius 2 is 1.09 bits per heavy atom. The van der Waals surface area contributed by atoms with Gasteiger partial charge in [0.25, 0.3) is 0 Å². The number of phenols is 3. The molecule has 0 aliphatic rings. The molecule has 0 radical (unpaired) electrons. The lowest BCUT2D eigenvalue weighted by Crippen LogP contribution is -2.19. The van der Waals surface area contributed by atoms with Crippen molar-refractivity contribution in [2.45, 2.75) is 31.6 Å². The molecule has 4 rings (SSSR count). The Kier molecular flexibility index (Phi) is 6.48. The molecule has 35 heavy (non-hydrogen) atoms. The van der Waals surface area contributed by atoms with Gasteiger partial charge >= 0.3 is 0 Å². The summed E-state index contributed by atoms with van der Waals surface area (Å²) in [4.78, 5) is 0. The summed E-state index contributed by atoms with van der Waals surface area (Å²) in [5, 5.41) is 28.7. The molecule has 0 saturated carbocycles. The first-order chi connectivity index (χ1) is 16.6. The monoisotopic (exact) mass is 478 g/mol. The van der Waals surface area contributed by atoms with Gasteiger partial charge in [-0.05, 0) is 70.6 Å². The Bertz CT molecular complexity index is 1360. The molecule has 180 valence electrons. The highest BCUT2D eigenvalue weighted by Gasteiger charge is 2.25. The Hall–Kier alpha value is -3.93. The van der Waals surface area contributed by atoms with Crippen LogP contribution >= 0.6 is 0 Å². The second-order valence-corrected chi connectivity index (χ2v) is 9.17. The number of phenolic OH excluding ortho intramolecular Hbond substituents is 3. The number of aromatic hydroxyl groups is 3. The average molecular weight is 479 g/mol. The minimum Gasteiger partial charge on any atom is -0.505 e. The zero-order chi connectivity index (χ0) is 25.3. The van der Waals surface area contributed by atoms with Gasteiger partial charge in [0.05, 0.1) is 0 Å². The molecule has 3 N–H and O–H groups in total. The van der Waals surface area contributed by atoms with Gasteiger partial charge in [-0.15, -0.1) is 0 Å². The predicted molar refractivity (Wildman–Crippen MR) is 128 cm³/mol. The van der Waals surface area contributed by atoms with Crippen LogP contribution in [0.15, 0.2) is 78.9 Å². The molecule has 4 aromatic carbocycles. The molecular weight excluding hydrogens is 453 g/mol. The van der Waals surface area contributed by atoms with Crippen molar-refractivity contribution in [2.75, 3.05) is 0 Å². The van der Waals surface area contributed by atoms with Gasteiger partial charge in [-0.1, -0.05) is 56.3 Å². The molecule has 3 nitrogen and oxygen atoms in total.